The molecule has 0 radical (unpaired) electrons. The maximum atomic E-state index is 11.2. The molecule has 18 nitrogen and oxygen atoms in total. The largest absolute Gasteiger partial charge is 0 e. The molecular weight excluding hydrogens is 588 g/mol. The van der Waals surface area contributed by atoms with Crippen LogP contribution in [0.3, 0.4) is 0 Å². The number of hydrogen-bond acceptors (Lipinski definition) is 16. The van der Waals surface area contributed by atoms with Gasteiger partial charge in [-0.1, -0.05) is 20.3 Å². The zero-order valence-corrected chi connectivity index (χ0v) is 25.7. The molecule has 0 aliphatic heterocycles. The third-order valence-electron chi connectivity index (χ3n) is 3.73. The van der Waals surface area contributed by atoms with Crippen LogP contribution in [-0.4, -0.2) is 104 Å². The van der Waals surface area contributed by atoms with Crippen LogP contribution in [0.2, 0.25) is 0 Å². The first-order valence-electron chi connectivity index (χ1n) is 11.4. The maximum Gasteiger partial charge on any atom is 0 e. The summed E-state index contributed by atoms with van der Waals surface area (Å²) in [7, 11) is 8.49. The summed E-state index contributed by atoms with van der Waals surface area (Å²) in [5.74, 6) is -5.27. The maximum absolute atomic E-state index is 11.2. The van der Waals surface area contributed by atoms with Crippen molar-refractivity contribution >= 4 is 48.4 Å². The average Bonchev–Trinajstić information content (AvgIpc) is 3.01. The van der Waals surface area contributed by atoms with Gasteiger partial charge >= 0.3 is 53.3 Å². The molecule has 0 saturated heterocycles. The number of methoxy groups -OCH3 is 7. The van der Waals surface area contributed by atoms with E-state index in [1.165, 1.54) is 56.2 Å². The summed E-state index contributed by atoms with van der Waals surface area (Å²) >= 11 is 0. The predicted molar refractivity (Wildman–Crippen MR) is 145 cm³/mol. The fourth-order valence-electron chi connectivity index (χ4n) is 1.95. The Labute approximate surface area is 254 Å². The van der Waals surface area contributed by atoms with Gasteiger partial charge in [0.05, 0.1) is 87.3 Å². The first-order valence-corrected chi connectivity index (χ1v) is 11.4. The molecule has 0 saturated carbocycles. The summed E-state index contributed by atoms with van der Waals surface area (Å²) < 4.78 is 37.8. The molecule has 2 N–H and O–H groups in total. The van der Waals surface area contributed by atoms with Crippen molar-refractivity contribution in [2.45, 2.75) is 46.0 Å². The zero-order valence-electron chi connectivity index (χ0n) is 25.7. The van der Waals surface area contributed by atoms with E-state index in [-0.39, 0.29) is 41.6 Å². The number of esters is 6. The second-order valence-corrected chi connectivity index (χ2v) is 6.68. The molecule has 0 aromatic carbocycles. The summed E-state index contributed by atoms with van der Waals surface area (Å²) in [6.07, 6.45) is 0.715. The number of ether oxygens (including phenoxy) is 7. The van der Waals surface area contributed by atoms with Crippen LogP contribution in [0, 0.1) is 18.5 Å². The molecule has 18 heteroatoms. The first-order chi connectivity index (χ1) is 19.8. The van der Waals surface area contributed by atoms with Gasteiger partial charge in [-0.3, -0.25) is 33.6 Å². The standard InChI is InChI=1S/2C9H14O6.C3H8.C2H4O2.CO2.CO.H2O.3H2/c2*1-13-7(10)4-6(9(12)15-3)5-8(11)14-2;1-3-2;1-4-2-3;2-1-3;1-2;;;;/h2*6H,4-5H2,1-3H3;3H2,1-2H3;2H,1H3;;;1H2;3*1H. The average molecular weight is 637 g/mol. The van der Waals surface area contributed by atoms with E-state index < -0.39 is 47.7 Å². The molecular formula is C25H48O18. The quantitative estimate of drug-likeness (QED) is 0.0969. The van der Waals surface area contributed by atoms with E-state index in [0.29, 0.717) is 6.47 Å². The summed E-state index contributed by atoms with van der Waals surface area (Å²) in [5.41, 5.74) is 0. The van der Waals surface area contributed by atoms with Gasteiger partial charge in [-0.05, 0) is 0 Å². The second-order valence-electron chi connectivity index (χ2n) is 6.68. The number of carbonyl (C=O) groups is 7. The van der Waals surface area contributed by atoms with Crippen LogP contribution < -0.4 is 0 Å². The zero-order chi connectivity index (χ0) is 34.5. The molecule has 0 aliphatic rings. The van der Waals surface area contributed by atoms with Gasteiger partial charge in [0.25, 0.3) is 6.47 Å². The van der Waals surface area contributed by atoms with Crippen LogP contribution in [0.5, 0.6) is 0 Å². The van der Waals surface area contributed by atoms with E-state index in [1.807, 2.05) is 0 Å². The van der Waals surface area contributed by atoms with Crippen LogP contribution >= 0.6 is 0 Å². The van der Waals surface area contributed by atoms with Gasteiger partial charge in [0.15, 0.2) is 0 Å². The molecule has 43 heavy (non-hydrogen) atoms. The van der Waals surface area contributed by atoms with Crippen molar-refractivity contribution in [1.82, 2.24) is 0 Å². The van der Waals surface area contributed by atoms with Gasteiger partial charge in [-0.25, -0.2) is 0 Å². The van der Waals surface area contributed by atoms with Crippen molar-refractivity contribution in [1.29, 1.82) is 0 Å². The van der Waals surface area contributed by atoms with E-state index in [4.69, 9.17) is 19.0 Å². The Morgan fingerprint density at radius 2 is 0.791 bits per heavy atom. The minimum absolute atomic E-state index is 0. The minimum Gasteiger partial charge on any atom is 0 e. The Morgan fingerprint density at radius 3 is 0.884 bits per heavy atom. The Hall–Kier alpha value is -4.63. The van der Waals surface area contributed by atoms with Crippen molar-refractivity contribution in [2.75, 3.05) is 49.8 Å². The van der Waals surface area contributed by atoms with Crippen LogP contribution in [0.25, 0.3) is 0 Å². The fraction of sp³-hybridized carbons (Fsp3) is 0.640. The molecule has 0 aromatic rings. The van der Waals surface area contributed by atoms with Crippen LogP contribution in [0.4, 0.5) is 0 Å². The fourth-order valence-corrected chi connectivity index (χ4v) is 1.95. The van der Waals surface area contributed by atoms with E-state index in [1.54, 1.807) is 0 Å². The second kappa shape index (κ2) is 44.4. The van der Waals surface area contributed by atoms with Gasteiger partial charge in [0.2, 0.25) is 0 Å². The SMILES string of the molecule is CCC.COC(=O)CC(CC(=O)OC)C(=O)OC.COC(=O)CC(CC(=O)OC)C(=O)OC.COC=O.O.O=C=O.[C-]#[O+].[HH].[HH].[HH]. The van der Waals surface area contributed by atoms with Crippen LogP contribution in [0.15, 0.2) is 0 Å². The molecule has 256 valence electrons. The molecule has 0 heterocycles. The molecule has 0 aromatic heterocycles. The molecule has 0 bridgehead atoms. The van der Waals surface area contributed by atoms with Crippen molar-refractivity contribution in [2.24, 2.45) is 11.8 Å². The molecule has 0 unspecified atom stereocenters. The van der Waals surface area contributed by atoms with E-state index in [0.717, 1.165) is 0 Å². The monoisotopic (exact) mass is 636 g/mol. The molecule has 0 atom stereocenters. The van der Waals surface area contributed by atoms with Crippen LogP contribution in [-0.2, 0) is 81.0 Å². The van der Waals surface area contributed by atoms with Gasteiger partial charge in [0.1, 0.15) is 0 Å². The molecule has 0 fully saturated rings. The number of hydrogen-bond donors (Lipinski definition) is 0. The summed E-state index contributed by atoms with van der Waals surface area (Å²) in [5, 5.41) is 0. The number of rotatable bonds is 11. The van der Waals surface area contributed by atoms with E-state index >= 15 is 0 Å². The van der Waals surface area contributed by atoms with Crippen molar-refractivity contribution in [3.63, 3.8) is 0 Å². The van der Waals surface area contributed by atoms with E-state index in [9.17, 15) is 28.8 Å². The summed E-state index contributed by atoms with van der Waals surface area (Å²) in [4.78, 5) is 91.3. The third kappa shape index (κ3) is 44.6. The van der Waals surface area contributed by atoms with Crippen molar-refractivity contribution in [3.05, 3.63) is 6.65 Å². The summed E-state index contributed by atoms with van der Waals surface area (Å²) in [6.45, 7) is 9.12. The Balaban J connectivity index is -0.0000000491. The van der Waals surface area contributed by atoms with Gasteiger partial charge in [-0.15, -0.1) is 0 Å². The topological polar surface area (TPSA) is 270 Å². The molecule has 0 aliphatic carbocycles. The molecule has 0 amide bonds. The normalized spacial score (nSPS) is 7.84. The molecule has 0 spiro atoms. The Bertz CT molecular complexity index is 727. The van der Waals surface area contributed by atoms with Gasteiger partial charge in [-0.2, -0.15) is 9.59 Å². The Kier molecular flexibility index (Phi) is 56.2. The third-order valence-corrected chi connectivity index (χ3v) is 3.73. The van der Waals surface area contributed by atoms with Crippen molar-refractivity contribution in [3.8, 4) is 0 Å². The predicted octanol–water partition coefficient (Wildman–Crippen LogP) is 0.301. The van der Waals surface area contributed by atoms with Crippen molar-refractivity contribution < 1.29 is 90.7 Å². The first kappa shape index (κ1) is 54.5. The summed E-state index contributed by atoms with van der Waals surface area (Å²) in [6, 6.07) is 0. The van der Waals surface area contributed by atoms with E-state index in [2.05, 4.69) is 53.7 Å². The van der Waals surface area contributed by atoms with Gasteiger partial charge < -0.3 is 38.6 Å². The minimum atomic E-state index is -0.852. The van der Waals surface area contributed by atoms with Gasteiger partial charge in [0, 0.05) is 4.28 Å². The molecule has 0 rings (SSSR count). The van der Waals surface area contributed by atoms with Crippen LogP contribution in [0.1, 0.15) is 50.2 Å². The smallest absolute Gasteiger partial charge is 0 e. The number of carbonyl (C=O) groups excluding carboxylic acids is 9. The Morgan fingerprint density at radius 1 is 0.628 bits per heavy atom.